The molecule has 104 valence electrons. The first-order valence-corrected chi connectivity index (χ1v) is 6.89. The molecular weight excluding hydrogens is 285 g/mol. The molecule has 0 unspecified atom stereocenters. The molecule has 0 fully saturated rings. The minimum Gasteiger partial charge on any atom is -0.284 e. The van der Waals surface area contributed by atoms with Crippen molar-refractivity contribution in [3.8, 4) is 0 Å². The zero-order chi connectivity index (χ0) is 14.6. The fourth-order valence-corrected chi connectivity index (χ4v) is 2.09. The van der Waals surface area contributed by atoms with Gasteiger partial charge < -0.3 is 0 Å². The number of nitrogens with zero attached hydrogens (tertiary/aromatic N) is 3. The number of hydroxylamine groups is 2. The van der Waals surface area contributed by atoms with Crippen molar-refractivity contribution >= 4 is 10.0 Å². The van der Waals surface area contributed by atoms with E-state index in [1.807, 2.05) is 0 Å². The molecule has 2 rings (SSSR count). The topological polar surface area (TPSA) is 82.3 Å². The average molecular weight is 295 g/mol. The number of rotatable bonds is 3. The van der Waals surface area contributed by atoms with E-state index < -0.39 is 15.8 Å². The van der Waals surface area contributed by atoms with Gasteiger partial charge in [-0.05, 0) is 36.4 Å². The van der Waals surface area contributed by atoms with E-state index in [2.05, 4.69) is 9.63 Å². The summed E-state index contributed by atoms with van der Waals surface area (Å²) < 4.78 is 39.4. The summed E-state index contributed by atoms with van der Waals surface area (Å²) in [6.45, 7) is 0. The highest BCUT2D eigenvalue weighted by Crippen LogP contribution is 2.14. The lowest BCUT2D eigenvalue weighted by atomic mass is 10.3. The highest BCUT2D eigenvalue weighted by atomic mass is 32.2. The smallest absolute Gasteiger partial charge is 0.284 e. The van der Waals surface area contributed by atoms with Gasteiger partial charge in [-0.2, -0.15) is 8.42 Å². The fraction of sp³-hybridized carbons (Fsp3) is 0. The Morgan fingerprint density at radius 3 is 2.55 bits per heavy atom. The van der Waals surface area contributed by atoms with Gasteiger partial charge in [0.2, 0.25) is 0 Å². The van der Waals surface area contributed by atoms with E-state index in [9.17, 15) is 18.0 Å². The van der Waals surface area contributed by atoms with Crippen molar-refractivity contribution in [2.75, 3.05) is 0 Å². The third-order valence-corrected chi connectivity index (χ3v) is 3.50. The first kappa shape index (κ1) is 14.1. The molecule has 1 aromatic rings. The second-order valence-corrected chi connectivity index (χ2v) is 5.31. The lowest BCUT2D eigenvalue weighted by Crippen LogP contribution is -2.10. The third kappa shape index (κ3) is 3.37. The highest BCUT2D eigenvalue weighted by molar-refractivity contribution is 7.90. The van der Waals surface area contributed by atoms with Crippen LogP contribution >= 0.6 is 0 Å². The maximum Gasteiger partial charge on any atom is 0.299 e. The lowest BCUT2D eigenvalue weighted by molar-refractivity contribution is -0.000512. The summed E-state index contributed by atoms with van der Waals surface area (Å²) in [6.07, 6.45) is 7.19. The van der Waals surface area contributed by atoms with E-state index in [0.29, 0.717) is 0 Å². The summed E-state index contributed by atoms with van der Waals surface area (Å²) in [5, 5.41) is 13.6. The van der Waals surface area contributed by atoms with Crippen LogP contribution in [0.1, 0.15) is 0 Å². The van der Waals surface area contributed by atoms with E-state index in [1.165, 1.54) is 12.3 Å². The van der Waals surface area contributed by atoms with Gasteiger partial charge in [-0.3, -0.25) is 5.21 Å². The second-order valence-electron chi connectivity index (χ2n) is 3.73. The Balaban J connectivity index is 2.18. The maximum atomic E-state index is 12.7. The predicted octanol–water partition coefficient (Wildman–Crippen LogP) is 2.58. The number of hydrogen-bond acceptors (Lipinski definition) is 5. The molecular formula is C12H10FN3O3S. The Hall–Kier alpha value is -2.32. The van der Waals surface area contributed by atoms with Gasteiger partial charge >= 0.3 is 0 Å². The van der Waals surface area contributed by atoms with Crippen molar-refractivity contribution in [2.24, 2.45) is 9.63 Å². The van der Waals surface area contributed by atoms with Gasteiger partial charge in [-0.25, -0.2) is 9.45 Å². The van der Waals surface area contributed by atoms with Gasteiger partial charge in [0.15, 0.2) is 0 Å². The Morgan fingerprint density at radius 1 is 1.20 bits per heavy atom. The summed E-state index contributed by atoms with van der Waals surface area (Å²) in [5.74, 6) is -0.543. The monoisotopic (exact) mass is 295 g/mol. The lowest BCUT2D eigenvalue weighted by Gasteiger charge is -2.13. The molecule has 0 amide bonds. The van der Waals surface area contributed by atoms with E-state index in [4.69, 9.17) is 0 Å². The van der Waals surface area contributed by atoms with Gasteiger partial charge in [0, 0.05) is 6.20 Å². The van der Waals surface area contributed by atoms with Crippen LogP contribution in [0.3, 0.4) is 0 Å². The first-order chi connectivity index (χ1) is 9.49. The van der Waals surface area contributed by atoms with Crippen LogP contribution in [0.5, 0.6) is 0 Å². The minimum absolute atomic E-state index is 0.166. The number of allylic oxidation sites excluding steroid dienone is 3. The summed E-state index contributed by atoms with van der Waals surface area (Å²) >= 11 is 0. The number of sulfonamides is 1. The van der Waals surface area contributed by atoms with Crippen LogP contribution in [0.2, 0.25) is 0 Å². The van der Waals surface area contributed by atoms with Gasteiger partial charge in [0.05, 0.1) is 16.8 Å². The molecule has 0 aliphatic carbocycles. The summed E-state index contributed by atoms with van der Waals surface area (Å²) in [6, 6.07) is 4.23. The molecule has 0 aromatic heterocycles. The molecule has 1 aliphatic heterocycles. The Bertz CT molecular complexity index is 706. The van der Waals surface area contributed by atoms with Crippen LogP contribution in [-0.2, 0) is 10.0 Å². The van der Waals surface area contributed by atoms with E-state index in [-0.39, 0.29) is 10.6 Å². The number of halogens is 1. The minimum atomic E-state index is -3.99. The second kappa shape index (κ2) is 5.76. The molecule has 0 bridgehead atoms. The molecule has 0 saturated carbocycles. The van der Waals surface area contributed by atoms with Gasteiger partial charge in [0.1, 0.15) is 5.82 Å². The zero-order valence-corrected chi connectivity index (χ0v) is 10.9. The predicted molar refractivity (Wildman–Crippen MR) is 68.4 cm³/mol. The molecule has 0 spiro atoms. The van der Waals surface area contributed by atoms with Crippen molar-refractivity contribution < 1.29 is 18.0 Å². The van der Waals surface area contributed by atoms with Crippen LogP contribution in [0.15, 0.2) is 75.1 Å². The first-order valence-electron chi connectivity index (χ1n) is 5.45. The normalized spacial score (nSPS) is 17.3. The van der Waals surface area contributed by atoms with Crippen molar-refractivity contribution in [1.82, 2.24) is 5.06 Å². The molecule has 1 heterocycles. The Labute approximate surface area is 114 Å². The number of benzene rings is 1. The third-order valence-electron chi connectivity index (χ3n) is 2.33. The fourth-order valence-electron chi connectivity index (χ4n) is 1.35. The van der Waals surface area contributed by atoms with Crippen LogP contribution in [0.4, 0.5) is 4.39 Å². The largest absolute Gasteiger partial charge is 0.299 e. The molecule has 0 atom stereocenters. The Kier molecular flexibility index (Phi) is 4.06. The standard InChI is InChI=1S/C12H10FN3O3S/c13-10-4-6-12(7-5-10)20(18,19)15-14-9-11-3-1-2-8-16(11)17/h1-9,17H/b11-9+,15-14?. The highest BCUT2D eigenvalue weighted by Gasteiger charge is 2.12. The summed E-state index contributed by atoms with van der Waals surface area (Å²) in [5.41, 5.74) is 0.255. The van der Waals surface area contributed by atoms with Crippen LogP contribution in [0, 0.1) is 5.82 Å². The summed E-state index contributed by atoms with van der Waals surface area (Å²) in [4.78, 5) is -0.166. The van der Waals surface area contributed by atoms with Crippen LogP contribution in [-0.4, -0.2) is 18.7 Å². The molecule has 0 saturated heterocycles. The molecule has 1 aromatic carbocycles. The molecule has 0 radical (unpaired) electrons. The zero-order valence-electron chi connectivity index (χ0n) is 10.1. The van der Waals surface area contributed by atoms with Gasteiger partial charge in [0.25, 0.3) is 10.0 Å². The quantitative estimate of drug-likeness (QED) is 0.869. The van der Waals surface area contributed by atoms with Gasteiger partial charge in [-0.15, -0.1) is 5.11 Å². The number of hydrogen-bond donors (Lipinski definition) is 1. The van der Waals surface area contributed by atoms with Gasteiger partial charge in [-0.1, -0.05) is 10.6 Å². The van der Waals surface area contributed by atoms with Crippen LogP contribution < -0.4 is 0 Å². The molecule has 20 heavy (non-hydrogen) atoms. The molecule has 6 nitrogen and oxygen atoms in total. The maximum absolute atomic E-state index is 12.7. The van der Waals surface area contributed by atoms with Crippen LogP contribution in [0.25, 0.3) is 0 Å². The van der Waals surface area contributed by atoms with E-state index in [1.54, 1.807) is 12.2 Å². The average Bonchev–Trinajstić information content (AvgIpc) is 2.41. The summed E-state index contributed by atoms with van der Waals surface area (Å²) in [7, 11) is -3.99. The molecule has 8 heteroatoms. The van der Waals surface area contributed by atoms with E-state index >= 15 is 0 Å². The van der Waals surface area contributed by atoms with Crippen molar-refractivity contribution in [3.05, 3.63) is 66.4 Å². The van der Waals surface area contributed by atoms with Crippen molar-refractivity contribution in [1.29, 1.82) is 0 Å². The molecule has 1 aliphatic rings. The van der Waals surface area contributed by atoms with Crippen molar-refractivity contribution in [3.63, 3.8) is 0 Å². The Morgan fingerprint density at radius 2 is 1.90 bits per heavy atom. The SMILES string of the molecule is O=S(=O)(N=N/C=C1\C=CC=CN1O)c1ccc(F)cc1. The van der Waals surface area contributed by atoms with Crippen molar-refractivity contribution in [2.45, 2.75) is 4.90 Å². The van der Waals surface area contributed by atoms with E-state index in [0.717, 1.165) is 35.5 Å². The molecule has 1 N–H and O–H groups in total.